The van der Waals surface area contributed by atoms with Gasteiger partial charge in [0.1, 0.15) is 0 Å². The number of halogens is 1. The highest BCUT2D eigenvalue weighted by molar-refractivity contribution is 7.17. The fourth-order valence-corrected chi connectivity index (χ4v) is 3.26. The quantitative estimate of drug-likeness (QED) is 0.927. The second-order valence-electron chi connectivity index (χ2n) is 4.97. The fraction of sp³-hybridized carbons (Fsp3) is 0.571. The number of nitrogens with one attached hydrogen (secondary N) is 1. The minimum Gasteiger partial charge on any atom is -0.338 e. The lowest BCUT2D eigenvalue weighted by Gasteiger charge is -2.22. The number of amides is 3. The molecule has 0 atom stereocenters. The van der Waals surface area contributed by atoms with Gasteiger partial charge in [-0.15, -0.1) is 11.3 Å². The Balaban J connectivity index is 1.91. The number of thiophene rings is 1. The summed E-state index contributed by atoms with van der Waals surface area (Å²) in [5.74, 6) is 0.00252. The molecule has 0 spiro atoms. The SMILES string of the molecule is CCCNC(=O)N1CCCN(C(=O)c2ccc(Cl)s2)CC1. The Morgan fingerprint density at radius 1 is 1.24 bits per heavy atom. The van der Waals surface area contributed by atoms with Crippen molar-refractivity contribution in [2.45, 2.75) is 19.8 Å². The minimum atomic E-state index is -0.0367. The number of nitrogens with zero attached hydrogens (tertiary/aromatic N) is 2. The number of urea groups is 1. The van der Waals surface area contributed by atoms with Crippen molar-refractivity contribution in [1.82, 2.24) is 15.1 Å². The number of rotatable bonds is 3. The molecular weight excluding hydrogens is 310 g/mol. The summed E-state index contributed by atoms with van der Waals surface area (Å²) in [5, 5.41) is 2.88. The van der Waals surface area contributed by atoms with Crippen LogP contribution >= 0.6 is 22.9 Å². The second kappa shape index (κ2) is 7.66. The van der Waals surface area contributed by atoms with Crippen molar-refractivity contribution in [3.63, 3.8) is 0 Å². The van der Waals surface area contributed by atoms with Gasteiger partial charge in [0.2, 0.25) is 0 Å². The molecule has 2 rings (SSSR count). The van der Waals surface area contributed by atoms with Gasteiger partial charge < -0.3 is 15.1 Å². The van der Waals surface area contributed by atoms with E-state index < -0.39 is 0 Å². The van der Waals surface area contributed by atoms with Crippen LogP contribution in [0, 0.1) is 0 Å². The van der Waals surface area contributed by atoms with Crippen molar-refractivity contribution in [3.05, 3.63) is 21.3 Å². The van der Waals surface area contributed by atoms with E-state index in [-0.39, 0.29) is 11.9 Å². The van der Waals surface area contributed by atoms with E-state index in [1.807, 2.05) is 6.92 Å². The molecule has 2 heterocycles. The maximum absolute atomic E-state index is 12.4. The molecule has 0 bridgehead atoms. The van der Waals surface area contributed by atoms with Crippen molar-refractivity contribution in [2.24, 2.45) is 0 Å². The first-order valence-electron chi connectivity index (χ1n) is 7.19. The predicted molar refractivity (Wildman–Crippen MR) is 85.1 cm³/mol. The largest absolute Gasteiger partial charge is 0.338 e. The number of hydrogen-bond donors (Lipinski definition) is 1. The van der Waals surface area contributed by atoms with Crippen LogP contribution in [0.5, 0.6) is 0 Å². The predicted octanol–water partition coefficient (Wildman–Crippen LogP) is 2.67. The Labute approximate surface area is 133 Å². The molecule has 1 fully saturated rings. The van der Waals surface area contributed by atoms with E-state index >= 15 is 0 Å². The van der Waals surface area contributed by atoms with Gasteiger partial charge in [0, 0.05) is 32.7 Å². The zero-order valence-corrected chi connectivity index (χ0v) is 13.7. The van der Waals surface area contributed by atoms with Crippen LogP contribution in [0.15, 0.2) is 12.1 Å². The monoisotopic (exact) mass is 329 g/mol. The summed E-state index contributed by atoms with van der Waals surface area (Å²) in [6, 6.07) is 3.46. The maximum Gasteiger partial charge on any atom is 0.317 e. The topological polar surface area (TPSA) is 52.7 Å². The summed E-state index contributed by atoms with van der Waals surface area (Å²) in [6.45, 7) is 5.20. The average Bonchev–Trinajstić information content (AvgIpc) is 2.76. The summed E-state index contributed by atoms with van der Waals surface area (Å²) < 4.78 is 0.619. The van der Waals surface area contributed by atoms with Gasteiger partial charge in [0.15, 0.2) is 0 Å². The van der Waals surface area contributed by atoms with Crippen molar-refractivity contribution in [3.8, 4) is 0 Å². The van der Waals surface area contributed by atoms with E-state index in [1.54, 1.807) is 21.9 Å². The zero-order chi connectivity index (χ0) is 15.2. The second-order valence-corrected chi connectivity index (χ2v) is 6.68. The normalized spacial score (nSPS) is 15.7. The first-order chi connectivity index (χ1) is 10.1. The molecule has 0 aromatic carbocycles. The molecular formula is C14H20ClN3O2S. The molecule has 21 heavy (non-hydrogen) atoms. The molecule has 0 radical (unpaired) electrons. The molecule has 7 heteroatoms. The maximum atomic E-state index is 12.4. The first kappa shape index (κ1) is 16.1. The van der Waals surface area contributed by atoms with Gasteiger partial charge in [-0.3, -0.25) is 4.79 Å². The van der Waals surface area contributed by atoms with Crippen LogP contribution in [0.4, 0.5) is 4.79 Å². The molecule has 1 aliphatic heterocycles. The van der Waals surface area contributed by atoms with E-state index in [9.17, 15) is 9.59 Å². The van der Waals surface area contributed by atoms with Crippen LogP contribution in [-0.4, -0.2) is 54.5 Å². The van der Waals surface area contributed by atoms with Gasteiger partial charge in [-0.2, -0.15) is 0 Å². The van der Waals surface area contributed by atoms with Gasteiger partial charge in [-0.25, -0.2) is 4.79 Å². The third-order valence-corrected chi connectivity index (χ3v) is 4.60. The Bertz CT molecular complexity index is 506. The van der Waals surface area contributed by atoms with Crippen LogP contribution < -0.4 is 5.32 Å². The highest BCUT2D eigenvalue weighted by Crippen LogP contribution is 2.23. The molecule has 1 aromatic rings. The molecule has 1 N–H and O–H groups in total. The van der Waals surface area contributed by atoms with Crippen LogP contribution in [0.2, 0.25) is 4.34 Å². The third-order valence-electron chi connectivity index (χ3n) is 3.38. The van der Waals surface area contributed by atoms with E-state index in [4.69, 9.17) is 11.6 Å². The molecule has 0 saturated carbocycles. The van der Waals surface area contributed by atoms with Gasteiger partial charge in [0.25, 0.3) is 5.91 Å². The molecule has 1 aromatic heterocycles. The van der Waals surface area contributed by atoms with Crippen molar-refractivity contribution in [1.29, 1.82) is 0 Å². The summed E-state index contributed by atoms with van der Waals surface area (Å²) >= 11 is 7.17. The van der Waals surface area contributed by atoms with Crippen molar-refractivity contribution in [2.75, 3.05) is 32.7 Å². The van der Waals surface area contributed by atoms with Gasteiger partial charge in [-0.05, 0) is 25.0 Å². The Kier molecular flexibility index (Phi) is 5.87. The lowest BCUT2D eigenvalue weighted by Crippen LogP contribution is -2.42. The molecule has 116 valence electrons. The lowest BCUT2D eigenvalue weighted by molar-refractivity contribution is 0.0767. The Hall–Kier alpha value is -1.27. The average molecular weight is 330 g/mol. The number of carbonyl (C=O) groups is 2. The van der Waals surface area contributed by atoms with E-state index in [1.165, 1.54) is 11.3 Å². The first-order valence-corrected chi connectivity index (χ1v) is 8.38. The highest BCUT2D eigenvalue weighted by atomic mass is 35.5. The van der Waals surface area contributed by atoms with Gasteiger partial charge in [0.05, 0.1) is 9.21 Å². The highest BCUT2D eigenvalue weighted by Gasteiger charge is 2.23. The number of carbonyl (C=O) groups excluding carboxylic acids is 2. The Morgan fingerprint density at radius 3 is 2.62 bits per heavy atom. The standard InChI is InChI=1S/C14H20ClN3O2S/c1-2-6-16-14(20)18-8-3-7-17(9-10-18)13(19)11-4-5-12(15)21-11/h4-5H,2-3,6-10H2,1H3,(H,16,20). The fourth-order valence-electron chi connectivity index (χ4n) is 2.25. The van der Waals surface area contributed by atoms with E-state index in [0.717, 1.165) is 12.8 Å². The van der Waals surface area contributed by atoms with Crippen LogP contribution in [-0.2, 0) is 0 Å². The van der Waals surface area contributed by atoms with Crippen LogP contribution in [0.1, 0.15) is 29.4 Å². The molecule has 5 nitrogen and oxygen atoms in total. The summed E-state index contributed by atoms with van der Waals surface area (Å²) in [4.78, 5) is 28.6. The van der Waals surface area contributed by atoms with E-state index in [2.05, 4.69) is 5.32 Å². The van der Waals surface area contributed by atoms with Crippen LogP contribution in [0.25, 0.3) is 0 Å². The summed E-state index contributed by atoms with van der Waals surface area (Å²) in [7, 11) is 0. The van der Waals surface area contributed by atoms with Crippen molar-refractivity contribution >= 4 is 34.9 Å². The number of hydrogen-bond acceptors (Lipinski definition) is 3. The van der Waals surface area contributed by atoms with Gasteiger partial charge >= 0.3 is 6.03 Å². The lowest BCUT2D eigenvalue weighted by atomic mass is 10.3. The molecule has 0 aliphatic carbocycles. The van der Waals surface area contributed by atoms with Crippen molar-refractivity contribution < 1.29 is 9.59 Å². The minimum absolute atomic E-state index is 0.00252. The van der Waals surface area contributed by atoms with Crippen LogP contribution in [0.3, 0.4) is 0 Å². The zero-order valence-electron chi connectivity index (χ0n) is 12.1. The van der Waals surface area contributed by atoms with Gasteiger partial charge in [-0.1, -0.05) is 18.5 Å². The third kappa shape index (κ3) is 4.35. The Morgan fingerprint density at radius 2 is 1.95 bits per heavy atom. The molecule has 3 amide bonds. The molecule has 1 aliphatic rings. The smallest absolute Gasteiger partial charge is 0.317 e. The summed E-state index contributed by atoms with van der Waals surface area (Å²) in [5.41, 5.74) is 0. The molecule has 0 unspecified atom stereocenters. The molecule has 1 saturated heterocycles. The van der Waals surface area contributed by atoms with E-state index in [0.29, 0.717) is 41.9 Å². The summed E-state index contributed by atoms with van der Waals surface area (Å²) in [6.07, 6.45) is 1.72.